The first kappa shape index (κ1) is 18.7. The number of fused-ring (bicyclic) bond motifs is 1. The van der Waals surface area contributed by atoms with Gasteiger partial charge in [0.15, 0.2) is 0 Å². The Morgan fingerprint density at radius 2 is 1.90 bits per heavy atom. The van der Waals surface area contributed by atoms with E-state index < -0.39 is 0 Å². The maximum absolute atomic E-state index is 5.03. The van der Waals surface area contributed by atoms with Gasteiger partial charge < -0.3 is 10.2 Å². The Morgan fingerprint density at radius 3 is 2.69 bits per heavy atom. The molecule has 1 N–H and O–H groups in total. The number of hydrogen-bond donors (Lipinski definition) is 1. The van der Waals surface area contributed by atoms with Crippen LogP contribution in [0, 0.1) is 0 Å². The number of rotatable bonds is 5. The van der Waals surface area contributed by atoms with Gasteiger partial charge in [0.25, 0.3) is 0 Å². The van der Waals surface area contributed by atoms with Crippen molar-refractivity contribution < 1.29 is 0 Å². The zero-order valence-corrected chi connectivity index (χ0v) is 17.5. The average molecular weight is 389 g/mol. The van der Waals surface area contributed by atoms with Gasteiger partial charge in [-0.25, -0.2) is 0 Å². The molecule has 2 heterocycles. The Morgan fingerprint density at radius 1 is 1.07 bits per heavy atom. The molecule has 3 aromatic rings. The van der Waals surface area contributed by atoms with Gasteiger partial charge in [0.2, 0.25) is 0 Å². The molecule has 1 atom stereocenters. The number of aromatic nitrogens is 2. The van der Waals surface area contributed by atoms with Crippen molar-refractivity contribution in [2.45, 2.75) is 57.5 Å². The minimum Gasteiger partial charge on any atom is -0.369 e. The van der Waals surface area contributed by atoms with E-state index in [9.17, 15) is 0 Å². The zero-order chi connectivity index (χ0) is 19.6. The van der Waals surface area contributed by atoms with Crippen LogP contribution < -0.4 is 10.2 Å². The summed E-state index contributed by atoms with van der Waals surface area (Å²) in [6, 6.07) is 19.0. The monoisotopic (exact) mass is 388 g/mol. The van der Waals surface area contributed by atoms with E-state index in [4.69, 9.17) is 5.10 Å². The molecule has 29 heavy (non-hydrogen) atoms. The molecule has 4 nitrogen and oxygen atoms in total. The first-order chi connectivity index (χ1) is 14.3. The molecule has 2 fully saturated rings. The minimum atomic E-state index is 0.493. The first-order valence-corrected chi connectivity index (χ1v) is 11.3. The van der Waals surface area contributed by atoms with Gasteiger partial charge >= 0.3 is 0 Å². The highest BCUT2D eigenvalue weighted by Gasteiger charge is 2.24. The van der Waals surface area contributed by atoms with Gasteiger partial charge in [-0.1, -0.05) is 50.1 Å². The molecule has 1 aliphatic carbocycles. The number of nitrogens with one attached hydrogen (secondary N) is 1. The predicted molar refractivity (Wildman–Crippen MR) is 121 cm³/mol. The summed E-state index contributed by atoms with van der Waals surface area (Å²) in [7, 11) is 0. The third-order valence-corrected chi connectivity index (χ3v) is 6.72. The second kappa shape index (κ2) is 8.19. The highest BCUT2D eigenvalue weighted by atomic mass is 15.3. The van der Waals surface area contributed by atoms with Crippen LogP contribution in [0.3, 0.4) is 0 Å². The van der Waals surface area contributed by atoms with Gasteiger partial charge in [0.05, 0.1) is 17.3 Å². The molecule has 0 spiro atoms. The molecule has 2 aromatic carbocycles. The van der Waals surface area contributed by atoms with Gasteiger partial charge in [0.1, 0.15) is 0 Å². The fourth-order valence-corrected chi connectivity index (χ4v) is 5.17. The number of benzene rings is 2. The Kier molecular flexibility index (Phi) is 5.28. The van der Waals surface area contributed by atoms with E-state index in [1.165, 1.54) is 53.5 Å². The first-order valence-electron chi connectivity index (χ1n) is 11.3. The topological polar surface area (TPSA) is 33.1 Å². The van der Waals surface area contributed by atoms with Crippen LogP contribution in [0.1, 0.15) is 49.9 Å². The molecule has 2 aliphatic rings. The van der Waals surface area contributed by atoms with Gasteiger partial charge in [-0.15, -0.1) is 0 Å². The summed E-state index contributed by atoms with van der Waals surface area (Å²) >= 11 is 0. The lowest BCUT2D eigenvalue weighted by Crippen LogP contribution is -2.51. The summed E-state index contributed by atoms with van der Waals surface area (Å²) in [4.78, 5) is 2.56. The number of piperazine rings is 1. The molecule has 1 saturated heterocycles. The number of nitrogens with zero attached hydrogens (tertiary/aromatic N) is 3. The van der Waals surface area contributed by atoms with Gasteiger partial charge in [-0.3, -0.25) is 4.68 Å². The van der Waals surface area contributed by atoms with Crippen molar-refractivity contribution >= 4 is 16.6 Å². The van der Waals surface area contributed by atoms with Crippen LogP contribution in [0.5, 0.6) is 0 Å². The van der Waals surface area contributed by atoms with E-state index in [2.05, 4.69) is 70.4 Å². The molecule has 1 saturated carbocycles. The number of anilines is 1. The number of hydrogen-bond acceptors (Lipinski definition) is 3. The van der Waals surface area contributed by atoms with Crippen molar-refractivity contribution in [1.82, 2.24) is 15.1 Å². The van der Waals surface area contributed by atoms with Gasteiger partial charge in [-0.05, 0) is 49.4 Å². The summed E-state index contributed by atoms with van der Waals surface area (Å²) in [6.07, 6.45) is 7.31. The van der Waals surface area contributed by atoms with E-state index in [1.807, 2.05) is 0 Å². The van der Waals surface area contributed by atoms with Crippen molar-refractivity contribution in [3.05, 3.63) is 59.8 Å². The molecule has 1 aromatic heterocycles. The van der Waals surface area contributed by atoms with E-state index in [1.54, 1.807) is 0 Å². The van der Waals surface area contributed by atoms with Crippen molar-refractivity contribution in [3.8, 4) is 0 Å². The molecule has 5 rings (SSSR count). The molecular weight excluding hydrogens is 356 g/mol. The van der Waals surface area contributed by atoms with Crippen molar-refractivity contribution in [1.29, 1.82) is 0 Å². The molecule has 4 heteroatoms. The zero-order valence-electron chi connectivity index (χ0n) is 17.5. The van der Waals surface area contributed by atoms with Crippen LogP contribution >= 0.6 is 0 Å². The fourth-order valence-electron chi connectivity index (χ4n) is 5.17. The number of aryl methyl sites for hydroxylation is 1. The van der Waals surface area contributed by atoms with E-state index in [0.717, 1.165) is 32.5 Å². The second-order valence-corrected chi connectivity index (χ2v) is 8.67. The van der Waals surface area contributed by atoms with Crippen LogP contribution in [-0.2, 0) is 12.8 Å². The fraction of sp³-hybridized carbons (Fsp3) is 0.480. The quantitative estimate of drug-likeness (QED) is 0.686. The normalized spacial score (nSPS) is 20.6. The maximum Gasteiger partial charge on any atom is 0.0709 e. The molecule has 1 aliphatic heterocycles. The largest absolute Gasteiger partial charge is 0.369 e. The van der Waals surface area contributed by atoms with E-state index in [0.29, 0.717) is 12.1 Å². The minimum absolute atomic E-state index is 0.493. The summed E-state index contributed by atoms with van der Waals surface area (Å²) in [5.74, 6) is 0. The highest BCUT2D eigenvalue weighted by Crippen LogP contribution is 2.34. The summed E-state index contributed by atoms with van der Waals surface area (Å²) in [6.45, 7) is 5.38. The summed E-state index contributed by atoms with van der Waals surface area (Å²) < 4.78 is 2.36. The molecule has 152 valence electrons. The predicted octanol–water partition coefficient (Wildman–Crippen LogP) is 4.73. The lowest BCUT2D eigenvalue weighted by molar-refractivity contribution is 0.454. The van der Waals surface area contributed by atoms with Crippen molar-refractivity contribution in [2.75, 3.05) is 24.5 Å². The molecule has 0 amide bonds. The average Bonchev–Trinajstić information content (AvgIpc) is 3.42. The standard InChI is InChI=1S/C25H32N4/c1-2-24-23-13-12-22(17-25(23)29(27-24)21-10-6-7-11-21)28-15-14-26-20(18-28)16-19-8-4-3-5-9-19/h3-5,8-9,12-13,17,20-21,26H,2,6-7,10-11,14-16,18H2,1H3/t20-/m0/s1. The van der Waals surface area contributed by atoms with Crippen LogP contribution in [0.15, 0.2) is 48.5 Å². The highest BCUT2D eigenvalue weighted by molar-refractivity contribution is 5.85. The van der Waals surface area contributed by atoms with Crippen LogP contribution in [0.25, 0.3) is 10.9 Å². The van der Waals surface area contributed by atoms with Gasteiger partial charge in [-0.2, -0.15) is 5.10 Å². The van der Waals surface area contributed by atoms with Crippen molar-refractivity contribution in [3.63, 3.8) is 0 Å². The van der Waals surface area contributed by atoms with Gasteiger partial charge in [0, 0.05) is 36.7 Å². The van der Waals surface area contributed by atoms with Crippen LogP contribution in [0.4, 0.5) is 5.69 Å². The second-order valence-electron chi connectivity index (χ2n) is 8.67. The Labute approximate surface area is 173 Å². The molecular formula is C25H32N4. The molecule has 0 unspecified atom stereocenters. The summed E-state index contributed by atoms with van der Waals surface area (Å²) in [5, 5.41) is 10.1. The molecule has 0 bridgehead atoms. The van der Waals surface area contributed by atoms with E-state index >= 15 is 0 Å². The van der Waals surface area contributed by atoms with E-state index in [-0.39, 0.29) is 0 Å². The Bertz CT molecular complexity index is 956. The lowest BCUT2D eigenvalue weighted by Gasteiger charge is -2.35. The Balaban J connectivity index is 1.41. The SMILES string of the molecule is CCc1nn(C2CCCC2)c2cc(N3CCN[C@@H](Cc4ccccc4)C3)ccc12. The van der Waals surface area contributed by atoms with Crippen LogP contribution in [0.2, 0.25) is 0 Å². The lowest BCUT2D eigenvalue weighted by atomic mass is 10.0. The maximum atomic E-state index is 5.03. The third-order valence-electron chi connectivity index (χ3n) is 6.72. The Hall–Kier alpha value is -2.33. The smallest absolute Gasteiger partial charge is 0.0709 e. The third kappa shape index (κ3) is 3.78. The van der Waals surface area contributed by atoms with Crippen molar-refractivity contribution in [2.24, 2.45) is 0 Å². The molecule has 0 radical (unpaired) electrons. The summed E-state index contributed by atoms with van der Waals surface area (Å²) in [5.41, 5.74) is 5.35. The van der Waals surface area contributed by atoms with Crippen LogP contribution in [-0.4, -0.2) is 35.5 Å².